The highest BCUT2D eigenvalue weighted by atomic mass is 79.9. The van der Waals surface area contributed by atoms with E-state index < -0.39 is 11.9 Å². The summed E-state index contributed by atoms with van der Waals surface area (Å²) < 4.78 is 38.6. The van der Waals surface area contributed by atoms with Gasteiger partial charge in [-0.2, -0.15) is 13.2 Å². The molecule has 0 spiro atoms. The summed E-state index contributed by atoms with van der Waals surface area (Å²) in [6, 6.07) is 7.74. The fraction of sp³-hybridized carbons (Fsp3) is 0.333. The Morgan fingerprint density at radius 1 is 1.38 bits per heavy atom. The predicted octanol–water partition coefficient (Wildman–Crippen LogP) is 4.35. The van der Waals surface area contributed by atoms with E-state index in [0.717, 1.165) is 26.8 Å². The van der Waals surface area contributed by atoms with Gasteiger partial charge < -0.3 is 10.6 Å². The molecule has 0 fully saturated rings. The maximum Gasteiger partial charge on any atom is 0.434 e. The van der Waals surface area contributed by atoms with Crippen LogP contribution in [-0.4, -0.2) is 18.0 Å². The van der Waals surface area contributed by atoms with Crippen molar-refractivity contribution in [3.63, 3.8) is 0 Å². The van der Waals surface area contributed by atoms with E-state index in [1.165, 1.54) is 0 Å². The maximum absolute atomic E-state index is 12.5. The van der Waals surface area contributed by atoms with Crippen LogP contribution in [0.4, 0.5) is 13.2 Å². The summed E-state index contributed by atoms with van der Waals surface area (Å²) in [5, 5.41) is 7.53. The van der Waals surface area contributed by atoms with Crippen LogP contribution in [0.25, 0.3) is 0 Å². The van der Waals surface area contributed by atoms with Gasteiger partial charge in [0, 0.05) is 16.9 Å². The van der Waals surface area contributed by atoms with Crippen molar-refractivity contribution >= 4 is 33.2 Å². The van der Waals surface area contributed by atoms with Gasteiger partial charge in [-0.25, -0.2) is 4.98 Å². The molecule has 0 aliphatic rings. The molecule has 24 heavy (non-hydrogen) atoms. The summed E-state index contributed by atoms with van der Waals surface area (Å²) in [6.45, 7) is 2.14. The van der Waals surface area contributed by atoms with E-state index in [0.29, 0.717) is 11.0 Å². The Morgan fingerprint density at radius 2 is 2.08 bits per heavy atom. The van der Waals surface area contributed by atoms with E-state index in [4.69, 9.17) is 0 Å². The average Bonchev–Trinajstić information content (AvgIpc) is 3.00. The molecule has 2 aromatic rings. The van der Waals surface area contributed by atoms with Crippen molar-refractivity contribution in [1.29, 1.82) is 0 Å². The van der Waals surface area contributed by atoms with Gasteiger partial charge in [-0.05, 0) is 18.6 Å². The van der Waals surface area contributed by atoms with Crippen LogP contribution in [0.15, 0.2) is 39.1 Å². The molecule has 0 aliphatic heterocycles. The minimum absolute atomic E-state index is 0.0335. The minimum Gasteiger partial charge on any atom is -0.350 e. The van der Waals surface area contributed by atoms with Gasteiger partial charge in [0.05, 0.1) is 12.6 Å². The highest BCUT2D eigenvalue weighted by Gasteiger charge is 2.33. The highest BCUT2D eigenvalue weighted by molar-refractivity contribution is 9.10. The van der Waals surface area contributed by atoms with Gasteiger partial charge in [-0.1, -0.05) is 34.1 Å². The monoisotopic (exact) mass is 420 g/mol. The number of alkyl halides is 3. The van der Waals surface area contributed by atoms with Crippen molar-refractivity contribution in [2.45, 2.75) is 25.7 Å². The second-order valence-corrected chi connectivity index (χ2v) is 6.73. The summed E-state index contributed by atoms with van der Waals surface area (Å²) in [5.41, 5.74) is 0.183. The van der Waals surface area contributed by atoms with E-state index >= 15 is 0 Å². The third kappa shape index (κ3) is 4.94. The normalized spacial score (nSPS) is 13.7. The Kier molecular flexibility index (Phi) is 6.22. The lowest BCUT2D eigenvalue weighted by molar-refractivity contribution is -0.140. The molecule has 0 bridgehead atoms. The Morgan fingerprint density at radius 3 is 2.67 bits per heavy atom. The third-order valence-electron chi connectivity index (χ3n) is 3.20. The van der Waals surface area contributed by atoms with Crippen molar-refractivity contribution in [1.82, 2.24) is 15.6 Å². The fourth-order valence-electron chi connectivity index (χ4n) is 1.99. The van der Waals surface area contributed by atoms with E-state index in [1.54, 1.807) is 7.05 Å². The molecular weight excluding hydrogens is 405 g/mol. The Balaban J connectivity index is 1.96. The van der Waals surface area contributed by atoms with Crippen LogP contribution in [0.5, 0.6) is 0 Å². The van der Waals surface area contributed by atoms with Crippen molar-refractivity contribution < 1.29 is 13.2 Å². The first kappa shape index (κ1) is 18.7. The zero-order valence-corrected chi connectivity index (χ0v) is 15.4. The summed E-state index contributed by atoms with van der Waals surface area (Å²) in [5.74, 6) is 0.488. The molecular formula is C15H16BrF3N4S. The molecule has 1 aromatic heterocycles. The van der Waals surface area contributed by atoms with Crippen molar-refractivity contribution in [3.05, 3.63) is 50.4 Å². The van der Waals surface area contributed by atoms with Gasteiger partial charge in [0.1, 0.15) is 5.01 Å². The zero-order chi connectivity index (χ0) is 17.7. The molecule has 0 amide bonds. The first-order valence-corrected chi connectivity index (χ1v) is 8.71. The molecule has 1 heterocycles. The smallest absolute Gasteiger partial charge is 0.350 e. The molecule has 0 aliphatic carbocycles. The van der Waals surface area contributed by atoms with Gasteiger partial charge >= 0.3 is 6.18 Å². The third-order valence-corrected chi connectivity index (χ3v) is 4.77. The molecule has 4 nitrogen and oxygen atoms in total. The largest absolute Gasteiger partial charge is 0.434 e. The average molecular weight is 421 g/mol. The van der Waals surface area contributed by atoms with E-state index in [-0.39, 0.29) is 12.6 Å². The Hall–Kier alpha value is -1.61. The zero-order valence-electron chi connectivity index (χ0n) is 13.0. The van der Waals surface area contributed by atoms with Crippen LogP contribution in [-0.2, 0) is 12.7 Å². The minimum atomic E-state index is -4.41. The lowest BCUT2D eigenvalue weighted by Crippen LogP contribution is -2.38. The molecule has 0 radical (unpaired) electrons. The van der Waals surface area contributed by atoms with Crippen LogP contribution < -0.4 is 10.6 Å². The number of aromatic nitrogens is 1. The molecule has 9 heteroatoms. The maximum atomic E-state index is 12.5. The Labute approximate surface area is 150 Å². The number of hydrogen-bond acceptors (Lipinski definition) is 3. The van der Waals surface area contributed by atoms with Crippen molar-refractivity contribution in [2.24, 2.45) is 4.99 Å². The Bertz CT molecular complexity index is 715. The number of thiazole rings is 1. The highest BCUT2D eigenvalue weighted by Crippen LogP contribution is 2.30. The van der Waals surface area contributed by atoms with Crippen LogP contribution in [0.1, 0.15) is 29.2 Å². The van der Waals surface area contributed by atoms with Gasteiger partial charge in [-0.3, -0.25) is 4.99 Å². The van der Waals surface area contributed by atoms with Crippen molar-refractivity contribution in [3.8, 4) is 0 Å². The number of benzene rings is 1. The second kappa shape index (κ2) is 7.98. The molecule has 2 N–H and O–H groups in total. The number of nitrogens with one attached hydrogen (secondary N) is 2. The fourth-order valence-corrected chi connectivity index (χ4v) is 3.35. The van der Waals surface area contributed by atoms with Crippen LogP contribution >= 0.6 is 27.3 Å². The van der Waals surface area contributed by atoms with Crippen LogP contribution in [0.2, 0.25) is 0 Å². The standard InChI is InChI=1S/C15H16BrF3N4S/c1-9(10-5-3-4-6-11(10)16)22-14(20-2)21-7-13-23-12(8-24-13)15(17,18)19/h3-6,8-9H,7H2,1-2H3,(H2,20,21,22). The molecule has 2 rings (SSSR count). The quantitative estimate of drug-likeness (QED) is 0.570. The van der Waals surface area contributed by atoms with E-state index in [9.17, 15) is 13.2 Å². The molecule has 0 saturated carbocycles. The van der Waals surface area contributed by atoms with Crippen molar-refractivity contribution in [2.75, 3.05) is 7.05 Å². The van der Waals surface area contributed by atoms with E-state index in [1.807, 2.05) is 31.2 Å². The number of hydrogen-bond donors (Lipinski definition) is 2. The van der Waals surface area contributed by atoms with Crippen LogP contribution in [0.3, 0.4) is 0 Å². The molecule has 0 saturated heterocycles. The number of guanidine groups is 1. The molecule has 130 valence electrons. The van der Waals surface area contributed by atoms with Gasteiger partial charge in [0.25, 0.3) is 0 Å². The topological polar surface area (TPSA) is 49.3 Å². The van der Waals surface area contributed by atoms with Crippen LogP contribution in [0, 0.1) is 0 Å². The lowest BCUT2D eigenvalue weighted by Gasteiger charge is -2.19. The lowest BCUT2D eigenvalue weighted by atomic mass is 10.1. The SMILES string of the molecule is CN=C(NCc1nc(C(F)(F)F)cs1)NC(C)c1ccccc1Br. The first-order chi connectivity index (χ1) is 11.3. The number of aliphatic imine (C=N–C) groups is 1. The van der Waals surface area contributed by atoms with Gasteiger partial charge in [0.15, 0.2) is 11.7 Å². The predicted molar refractivity (Wildman–Crippen MR) is 93.0 cm³/mol. The molecule has 1 aromatic carbocycles. The second-order valence-electron chi connectivity index (χ2n) is 4.94. The summed E-state index contributed by atoms with van der Waals surface area (Å²) in [6.07, 6.45) is -4.41. The number of halogens is 4. The number of rotatable bonds is 4. The van der Waals surface area contributed by atoms with Gasteiger partial charge in [0.2, 0.25) is 0 Å². The molecule has 1 atom stereocenters. The first-order valence-electron chi connectivity index (χ1n) is 7.04. The summed E-state index contributed by atoms with van der Waals surface area (Å²) >= 11 is 4.45. The van der Waals surface area contributed by atoms with Gasteiger partial charge in [-0.15, -0.1) is 11.3 Å². The van der Waals surface area contributed by atoms with E-state index in [2.05, 4.69) is 36.5 Å². The summed E-state index contributed by atoms with van der Waals surface area (Å²) in [7, 11) is 1.60. The summed E-state index contributed by atoms with van der Waals surface area (Å²) in [4.78, 5) is 7.67. The molecule has 1 unspecified atom stereocenters. The number of nitrogens with zero attached hydrogens (tertiary/aromatic N) is 2.